The Kier molecular flexibility index (Phi) is 5.84. The molecule has 4 heterocycles. The van der Waals surface area contributed by atoms with Crippen LogP contribution in [-0.2, 0) is 6.54 Å². The van der Waals surface area contributed by atoms with Crippen molar-refractivity contribution in [1.29, 1.82) is 0 Å². The van der Waals surface area contributed by atoms with Gasteiger partial charge in [0.05, 0.1) is 6.20 Å². The average molecular weight is 431 g/mol. The molecule has 0 saturated carbocycles. The zero-order valence-corrected chi connectivity index (χ0v) is 18.9. The van der Waals surface area contributed by atoms with Crippen LogP contribution < -0.4 is 10.2 Å². The van der Waals surface area contributed by atoms with E-state index in [-0.39, 0.29) is 5.91 Å². The Labute approximate surface area is 189 Å². The van der Waals surface area contributed by atoms with Crippen LogP contribution in [0.1, 0.15) is 22.3 Å². The maximum atomic E-state index is 13.0. The van der Waals surface area contributed by atoms with E-state index in [1.165, 1.54) is 12.0 Å². The van der Waals surface area contributed by atoms with Gasteiger partial charge in [-0.2, -0.15) is 5.10 Å². The second-order valence-electron chi connectivity index (χ2n) is 9.18. The molecule has 0 radical (unpaired) electrons. The second-order valence-corrected chi connectivity index (χ2v) is 9.18. The summed E-state index contributed by atoms with van der Waals surface area (Å²) in [5, 5.41) is 7.32. The highest BCUT2D eigenvalue weighted by molar-refractivity contribution is 6.12. The molecular weight excluding hydrogens is 401 g/mol. The molecule has 1 atom stereocenters. The molecule has 0 spiro atoms. The van der Waals surface area contributed by atoms with Crippen molar-refractivity contribution in [3.8, 4) is 0 Å². The summed E-state index contributed by atoms with van der Waals surface area (Å²) in [5.74, 6) is 1.39. The number of carbonyl (C=O) groups excluding carboxylic acids is 1. The zero-order valence-electron chi connectivity index (χ0n) is 18.9. The van der Waals surface area contributed by atoms with E-state index < -0.39 is 0 Å². The largest absolute Gasteiger partial charge is 0.357 e. The SMILES string of the molecule is BC1CCN(c2ccn3ncc(C(=O)Nc4ccc(CN5CCN(C)CC5)cc4)c3n2)C1. The molecule has 2 saturated heterocycles. The number of nitrogens with zero attached hydrogens (tertiary/aromatic N) is 6. The Morgan fingerprint density at radius 2 is 1.91 bits per heavy atom. The molecule has 1 aromatic carbocycles. The van der Waals surface area contributed by atoms with Crippen LogP contribution in [0, 0.1) is 0 Å². The van der Waals surface area contributed by atoms with E-state index in [0.717, 1.165) is 57.3 Å². The number of benzene rings is 1. The van der Waals surface area contributed by atoms with Crippen molar-refractivity contribution >= 4 is 30.9 Å². The van der Waals surface area contributed by atoms with Gasteiger partial charge in [-0.1, -0.05) is 17.9 Å². The summed E-state index contributed by atoms with van der Waals surface area (Å²) >= 11 is 0. The van der Waals surface area contributed by atoms with Gasteiger partial charge in [-0.05, 0) is 37.2 Å². The lowest BCUT2D eigenvalue weighted by molar-refractivity contribution is 0.102. The van der Waals surface area contributed by atoms with Crippen LogP contribution in [-0.4, -0.2) is 84.5 Å². The highest BCUT2D eigenvalue weighted by Crippen LogP contribution is 2.24. The summed E-state index contributed by atoms with van der Waals surface area (Å²) in [6.07, 6.45) is 4.64. The van der Waals surface area contributed by atoms with E-state index in [2.05, 4.69) is 52.1 Å². The first kappa shape index (κ1) is 21.0. The first-order chi connectivity index (χ1) is 15.5. The number of fused-ring (bicyclic) bond motifs is 1. The molecule has 2 aliphatic rings. The van der Waals surface area contributed by atoms with E-state index in [4.69, 9.17) is 4.98 Å². The fraction of sp³-hybridized carbons (Fsp3) is 0.435. The molecule has 3 aromatic rings. The highest BCUT2D eigenvalue weighted by atomic mass is 16.1. The Bertz CT molecular complexity index is 1090. The first-order valence-electron chi connectivity index (χ1n) is 11.5. The van der Waals surface area contributed by atoms with Gasteiger partial charge in [0.1, 0.15) is 19.2 Å². The van der Waals surface area contributed by atoms with E-state index in [9.17, 15) is 4.79 Å². The summed E-state index contributed by atoms with van der Waals surface area (Å²) < 4.78 is 1.66. The fourth-order valence-electron chi connectivity index (χ4n) is 4.49. The molecule has 1 amide bonds. The molecule has 8 nitrogen and oxygen atoms in total. The molecule has 2 aliphatic heterocycles. The van der Waals surface area contributed by atoms with Crippen molar-refractivity contribution in [2.45, 2.75) is 18.8 Å². The van der Waals surface area contributed by atoms with Crippen LogP contribution in [0.3, 0.4) is 0 Å². The monoisotopic (exact) mass is 431 g/mol. The summed E-state index contributed by atoms with van der Waals surface area (Å²) in [6, 6.07) is 10.1. The fourth-order valence-corrected chi connectivity index (χ4v) is 4.49. The zero-order chi connectivity index (χ0) is 22.1. The highest BCUT2D eigenvalue weighted by Gasteiger charge is 2.22. The van der Waals surface area contributed by atoms with E-state index in [1.54, 1.807) is 10.7 Å². The number of hydrogen-bond donors (Lipinski definition) is 1. The van der Waals surface area contributed by atoms with E-state index in [0.29, 0.717) is 17.0 Å². The van der Waals surface area contributed by atoms with E-state index >= 15 is 0 Å². The predicted octanol–water partition coefficient (Wildman–Crippen LogP) is 1.36. The van der Waals surface area contributed by atoms with Gasteiger partial charge in [0.2, 0.25) is 0 Å². The van der Waals surface area contributed by atoms with E-state index in [1.807, 2.05) is 24.4 Å². The van der Waals surface area contributed by atoms with Crippen LogP contribution in [0.5, 0.6) is 0 Å². The number of amides is 1. The van der Waals surface area contributed by atoms with Crippen molar-refractivity contribution in [2.75, 3.05) is 56.5 Å². The van der Waals surface area contributed by atoms with Crippen molar-refractivity contribution in [3.05, 3.63) is 53.9 Å². The lowest BCUT2D eigenvalue weighted by Gasteiger charge is -2.32. The topological polar surface area (TPSA) is 69.0 Å². The number of likely N-dealkylation sites (N-methyl/N-ethyl adjacent to an activating group) is 1. The molecule has 0 aliphatic carbocycles. The smallest absolute Gasteiger partial charge is 0.261 e. The second kappa shape index (κ2) is 8.92. The minimum Gasteiger partial charge on any atom is -0.357 e. The molecule has 1 unspecified atom stereocenters. The molecular formula is C23H30BN7O. The van der Waals surface area contributed by atoms with Gasteiger partial charge >= 0.3 is 0 Å². The molecule has 32 heavy (non-hydrogen) atoms. The third-order valence-corrected chi connectivity index (χ3v) is 6.56. The lowest BCUT2D eigenvalue weighted by atomic mass is 9.87. The Morgan fingerprint density at radius 1 is 1.12 bits per heavy atom. The molecule has 9 heteroatoms. The van der Waals surface area contributed by atoms with Crippen LogP contribution in [0.2, 0.25) is 5.82 Å². The van der Waals surface area contributed by atoms with Crippen molar-refractivity contribution in [2.24, 2.45) is 0 Å². The lowest BCUT2D eigenvalue weighted by Crippen LogP contribution is -2.43. The summed E-state index contributed by atoms with van der Waals surface area (Å²) in [6.45, 7) is 7.35. The van der Waals surface area contributed by atoms with Crippen molar-refractivity contribution in [3.63, 3.8) is 0 Å². The summed E-state index contributed by atoms with van der Waals surface area (Å²) in [4.78, 5) is 24.8. The third-order valence-electron chi connectivity index (χ3n) is 6.56. The van der Waals surface area contributed by atoms with Crippen LogP contribution in [0.4, 0.5) is 11.5 Å². The number of aromatic nitrogens is 3. The van der Waals surface area contributed by atoms with Gasteiger partial charge in [0, 0.05) is 57.7 Å². The molecule has 2 aromatic heterocycles. The molecule has 5 rings (SSSR count). The maximum Gasteiger partial charge on any atom is 0.261 e. The summed E-state index contributed by atoms with van der Waals surface area (Å²) in [5.41, 5.74) is 3.11. The number of hydrogen-bond acceptors (Lipinski definition) is 6. The van der Waals surface area contributed by atoms with Crippen molar-refractivity contribution in [1.82, 2.24) is 24.4 Å². The standard InChI is InChI=1S/C23H30BN7O/c1-28-10-12-29(13-11-28)15-17-2-4-19(5-3-17)26-23(32)20-14-25-31-9-7-21(27-22(20)31)30-8-6-18(24)16-30/h2-5,7,9,14,18H,6,8,10-13,15-16,24H2,1H3,(H,26,32). The van der Waals surface area contributed by atoms with Gasteiger partial charge in [-0.25, -0.2) is 9.50 Å². The van der Waals surface area contributed by atoms with Crippen LogP contribution in [0.25, 0.3) is 5.65 Å². The quantitative estimate of drug-likeness (QED) is 0.616. The van der Waals surface area contributed by atoms with Crippen LogP contribution in [0.15, 0.2) is 42.7 Å². The third kappa shape index (κ3) is 4.49. The number of nitrogens with one attached hydrogen (secondary N) is 1. The Hall–Kier alpha value is -2.91. The number of anilines is 2. The number of rotatable bonds is 5. The normalized spacial score (nSPS) is 20.2. The van der Waals surface area contributed by atoms with Gasteiger partial charge < -0.3 is 15.1 Å². The van der Waals surface area contributed by atoms with Crippen molar-refractivity contribution < 1.29 is 4.79 Å². The minimum atomic E-state index is -0.189. The maximum absolute atomic E-state index is 13.0. The van der Waals surface area contributed by atoms with Crippen LogP contribution >= 0.6 is 0 Å². The van der Waals surface area contributed by atoms with Gasteiger partial charge in [0.25, 0.3) is 5.91 Å². The molecule has 1 N–H and O–H groups in total. The number of carbonyl (C=O) groups is 1. The first-order valence-corrected chi connectivity index (χ1v) is 11.5. The van der Waals surface area contributed by atoms with Gasteiger partial charge in [0.15, 0.2) is 5.65 Å². The molecule has 166 valence electrons. The van der Waals surface area contributed by atoms with Gasteiger partial charge in [-0.3, -0.25) is 9.69 Å². The average Bonchev–Trinajstić information content (AvgIpc) is 3.42. The molecule has 2 fully saturated rings. The molecule has 0 bridgehead atoms. The summed E-state index contributed by atoms with van der Waals surface area (Å²) in [7, 11) is 4.43. The number of piperazine rings is 1. The predicted molar refractivity (Wildman–Crippen MR) is 129 cm³/mol. The minimum absolute atomic E-state index is 0.189. The van der Waals surface area contributed by atoms with Gasteiger partial charge in [-0.15, -0.1) is 0 Å². The Morgan fingerprint density at radius 3 is 2.62 bits per heavy atom. The Balaban J connectivity index is 1.26.